The highest BCUT2D eigenvalue weighted by Gasteiger charge is 2.44. The van der Waals surface area contributed by atoms with Gasteiger partial charge in [-0.05, 0) is 66.2 Å². The van der Waals surface area contributed by atoms with Gasteiger partial charge in [0.05, 0.1) is 12.1 Å². The van der Waals surface area contributed by atoms with E-state index < -0.39 is 29.6 Å². The molecule has 0 bridgehead atoms. The molecule has 1 saturated heterocycles. The van der Waals surface area contributed by atoms with Crippen LogP contribution in [0.1, 0.15) is 22.3 Å². The van der Waals surface area contributed by atoms with Gasteiger partial charge in [-0.3, -0.25) is 14.4 Å². The molecule has 1 aliphatic rings. The van der Waals surface area contributed by atoms with Crippen LogP contribution < -0.4 is 4.90 Å². The van der Waals surface area contributed by atoms with Gasteiger partial charge in [0, 0.05) is 17.7 Å². The molecular formula is C31H22FN3O4. The molecule has 1 unspecified atom stereocenters. The van der Waals surface area contributed by atoms with E-state index in [1.54, 1.807) is 24.3 Å². The molecule has 192 valence electrons. The minimum Gasteiger partial charge on any atom is -0.436 e. The largest absolute Gasteiger partial charge is 0.436 e. The third kappa shape index (κ3) is 4.68. The summed E-state index contributed by atoms with van der Waals surface area (Å²) < 4.78 is 19.3. The summed E-state index contributed by atoms with van der Waals surface area (Å²) in [7, 11) is 0. The highest BCUT2D eigenvalue weighted by atomic mass is 19.1. The molecule has 1 atom stereocenters. The molecule has 3 amide bonds. The number of imide groups is 1. The molecule has 7 nitrogen and oxygen atoms in total. The maximum Gasteiger partial charge on any atom is 0.257 e. The van der Waals surface area contributed by atoms with Crippen LogP contribution in [0.15, 0.2) is 108 Å². The molecule has 0 aliphatic carbocycles. The van der Waals surface area contributed by atoms with E-state index >= 15 is 0 Å². The summed E-state index contributed by atoms with van der Waals surface area (Å²) in [5.74, 6) is -1.41. The minimum absolute atomic E-state index is 0.116. The fourth-order valence-electron chi connectivity index (χ4n) is 4.74. The van der Waals surface area contributed by atoms with E-state index in [4.69, 9.17) is 4.42 Å². The first-order chi connectivity index (χ1) is 19.0. The molecule has 5 aromatic rings. The van der Waals surface area contributed by atoms with Crippen LogP contribution in [-0.4, -0.2) is 33.6 Å². The number of aromatic nitrogens is 1. The standard InChI is InChI=1S/C31H22FN3O4/c32-23-14-10-22(11-15-23)30(37)34(19-20-6-2-1-3-7-20)26-18-28(36)35(31(26)38)24-16-12-21(13-17-24)29-33-25-8-4-5-9-27(25)39-29/h1-17,26H,18-19H2. The van der Waals surface area contributed by atoms with E-state index in [1.165, 1.54) is 29.2 Å². The average molecular weight is 520 g/mol. The summed E-state index contributed by atoms with van der Waals surface area (Å²) in [6, 6.07) is 27.6. The van der Waals surface area contributed by atoms with Gasteiger partial charge in [0.25, 0.3) is 11.8 Å². The van der Waals surface area contributed by atoms with Crippen LogP contribution in [0.5, 0.6) is 0 Å². The Bertz CT molecular complexity index is 1650. The molecular weight excluding hydrogens is 497 g/mol. The number of hydrogen-bond acceptors (Lipinski definition) is 5. The predicted molar refractivity (Wildman–Crippen MR) is 143 cm³/mol. The van der Waals surface area contributed by atoms with E-state index in [0.717, 1.165) is 16.0 Å². The highest BCUT2D eigenvalue weighted by Crippen LogP contribution is 2.31. The number of amides is 3. The number of benzene rings is 4. The lowest BCUT2D eigenvalue weighted by molar-refractivity contribution is -0.122. The number of fused-ring (bicyclic) bond motifs is 1. The van der Waals surface area contributed by atoms with Gasteiger partial charge in [0.15, 0.2) is 5.58 Å². The van der Waals surface area contributed by atoms with Crippen molar-refractivity contribution in [2.75, 3.05) is 4.90 Å². The SMILES string of the molecule is O=C1CC(N(Cc2ccccc2)C(=O)c2ccc(F)cc2)C(=O)N1c1ccc(-c2nc3ccccc3o2)cc1. The maximum absolute atomic E-state index is 13.6. The van der Waals surface area contributed by atoms with E-state index in [-0.39, 0.29) is 18.5 Å². The van der Waals surface area contributed by atoms with Crippen molar-refractivity contribution in [3.8, 4) is 11.5 Å². The zero-order valence-corrected chi connectivity index (χ0v) is 20.7. The second kappa shape index (κ2) is 9.98. The van der Waals surface area contributed by atoms with Crippen molar-refractivity contribution in [2.45, 2.75) is 19.0 Å². The number of hydrogen-bond donors (Lipinski definition) is 0. The van der Waals surface area contributed by atoms with Crippen molar-refractivity contribution in [3.05, 3.63) is 120 Å². The molecule has 39 heavy (non-hydrogen) atoms. The number of para-hydroxylation sites is 2. The van der Waals surface area contributed by atoms with Crippen molar-refractivity contribution in [1.82, 2.24) is 9.88 Å². The number of nitrogens with zero attached hydrogens (tertiary/aromatic N) is 3. The summed E-state index contributed by atoms with van der Waals surface area (Å²) in [6.45, 7) is 0.116. The Hall–Kier alpha value is -5.11. The van der Waals surface area contributed by atoms with Crippen LogP contribution in [0.2, 0.25) is 0 Å². The number of oxazole rings is 1. The topological polar surface area (TPSA) is 83.7 Å². The van der Waals surface area contributed by atoms with Crippen molar-refractivity contribution >= 4 is 34.5 Å². The fraction of sp³-hybridized carbons (Fsp3) is 0.0968. The fourth-order valence-corrected chi connectivity index (χ4v) is 4.74. The third-order valence-electron chi connectivity index (χ3n) is 6.71. The van der Waals surface area contributed by atoms with Gasteiger partial charge < -0.3 is 9.32 Å². The van der Waals surface area contributed by atoms with E-state index in [0.29, 0.717) is 22.7 Å². The molecule has 0 spiro atoms. The van der Waals surface area contributed by atoms with E-state index in [9.17, 15) is 18.8 Å². The molecule has 0 N–H and O–H groups in total. The normalized spacial score (nSPS) is 15.2. The third-order valence-corrected chi connectivity index (χ3v) is 6.71. The maximum atomic E-state index is 13.6. The minimum atomic E-state index is -1.01. The lowest BCUT2D eigenvalue weighted by atomic mass is 10.1. The zero-order valence-electron chi connectivity index (χ0n) is 20.7. The van der Waals surface area contributed by atoms with Crippen molar-refractivity contribution in [2.24, 2.45) is 0 Å². The summed E-state index contributed by atoms with van der Waals surface area (Å²) >= 11 is 0. The summed E-state index contributed by atoms with van der Waals surface area (Å²) in [5, 5.41) is 0. The summed E-state index contributed by atoms with van der Waals surface area (Å²) in [5.41, 5.74) is 3.51. The number of anilines is 1. The Labute approximate surface area is 223 Å². The van der Waals surface area contributed by atoms with Crippen LogP contribution in [0, 0.1) is 5.82 Å². The van der Waals surface area contributed by atoms with Crippen LogP contribution in [-0.2, 0) is 16.1 Å². The lowest BCUT2D eigenvalue weighted by Gasteiger charge is -2.28. The molecule has 6 rings (SSSR count). The molecule has 4 aromatic carbocycles. The molecule has 0 radical (unpaired) electrons. The first kappa shape index (κ1) is 24.2. The highest BCUT2D eigenvalue weighted by molar-refractivity contribution is 6.23. The Morgan fingerprint density at radius 2 is 1.59 bits per heavy atom. The molecule has 0 saturated carbocycles. The average Bonchev–Trinajstić information content (AvgIpc) is 3.52. The molecule has 1 aliphatic heterocycles. The Morgan fingerprint density at radius 3 is 2.31 bits per heavy atom. The zero-order chi connectivity index (χ0) is 26.9. The van der Waals surface area contributed by atoms with E-state index in [2.05, 4.69) is 4.98 Å². The van der Waals surface area contributed by atoms with Crippen LogP contribution in [0.4, 0.5) is 10.1 Å². The second-order valence-corrected chi connectivity index (χ2v) is 9.25. The molecule has 1 aromatic heterocycles. The van der Waals surface area contributed by atoms with Gasteiger partial charge in [-0.2, -0.15) is 0 Å². The monoisotopic (exact) mass is 519 g/mol. The predicted octanol–water partition coefficient (Wildman–Crippen LogP) is 5.61. The first-order valence-corrected chi connectivity index (χ1v) is 12.4. The van der Waals surface area contributed by atoms with E-state index in [1.807, 2.05) is 54.6 Å². The Morgan fingerprint density at radius 1 is 0.897 bits per heavy atom. The Kier molecular flexibility index (Phi) is 6.20. The number of rotatable bonds is 6. The van der Waals surface area contributed by atoms with Crippen molar-refractivity contribution < 1.29 is 23.2 Å². The second-order valence-electron chi connectivity index (χ2n) is 9.25. The van der Waals surface area contributed by atoms with Gasteiger partial charge in [0.1, 0.15) is 17.4 Å². The van der Waals surface area contributed by atoms with Gasteiger partial charge in [-0.15, -0.1) is 0 Å². The van der Waals surface area contributed by atoms with Gasteiger partial charge >= 0.3 is 0 Å². The summed E-state index contributed by atoms with van der Waals surface area (Å²) in [4.78, 5) is 47.2. The van der Waals surface area contributed by atoms with Crippen LogP contribution in [0.3, 0.4) is 0 Å². The van der Waals surface area contributed by atoms with Crippen molar-refractivity contribution in [1.29, 1.82) is 0 Å². The van der Waals surface area contributed by atoms with Crippen LogP contribution >= 0.6 is 0 Å². The van der Waals surface area contributed by atoms with Gasteiger partial charge in [0.2, 0.25) is 11.8 Å². The smallest absolute Gasteiger partial charge is 0.257 e. The van der Waals surface area contributed by atoms with Crippen LogP contribution in [0.25, 0.3) is 22.6 Å². The lowest BCUT2D eigenvalue weighted by Crippen LogP contribution is -2.45. The molecule has 1 fully saturated rings. The number of halogens is 1. The van der Waals surface area contributed by atoms with Gasteiger partial charge in [-0.25, -0.2) is 14.3 Å². The molecule has 8 heteroatoms. The number of carbonyl (C=O) groups excluding carboxylic acids is 3. The number of carbonyl (C=O) groups is 3. The Balaban J connectivity index is 1.28. The first-order valence-electron chi connectivity index (χ1n) is 12.4. The van der Waals surface area contributed by atoms with Gasteiger partial charge in [-0.1, -0.05) is 42.5 Å². The van der Waals surface area contributed by atoms with Crippen molar-refractivity contribution in [3.63, 3.8) is 0 Å². The quantitative estimate of drug-likeness (QED) is 0.273. The molecule has 2 heterocycles. The summed E-state index contributed by atoms with van der Waals surface area (Å²) in [6.07, 6.45) is -0.161.